The molecule has 4 nitrogen and oxygen atoms in total. The van der Waals surface area contributed by atoms with Gasteiger partial charge in [-0.05, 0) is 45.0 Å². The van der Waals surface area contributed by atoms with Crippen LogP contribution in [0.3, 0.4) is 0 Å². The zero-order valence-electron chi connectivity index (χ0n) is 13.2. The van der Waals surface area contributed by atoms with Crippen LogP contribution in [0.15, 0.2) is 24.3 Å². The summed E-state index contributed by atoms with van der Waals surface area (Å²) in [7, 11) is 1.43. The molecule has 112 valence electrons. The van der Waals surface area contributed by atoms with Gasteiger partial charge in [-0.3, -0.25) is 0 Å². The van der Waals surface area contributed by atoms with Gasteiger partial charge in [0.1, 0.15) is 5.54 Å². The number of ether oxygens (including phenoxy) is 1. The Morgan fingerprint density at radius 2 is 2.10 bits per heavy atom. The fraction of sp³-hybridized carbons (Fsp3) is 0.562. The molecule has 0 spiro atoms. The lowest BCUT2D eigenvalue weighted by atomic mass is 10.0. The minimum Gasteiger partial charge on any atom is -0.468 e. The zero-order chi connectivity index (χ0) is 15.2. The second-order valence-electron chi connectivity index (χ2n) is 5.21. The van der Waals surface area contributed by atoms with Crippen LogP contribution < -0.4 is 10.2 Å². The molecule has 0 heterocycles. The lowest BCUT2D eigenvalue weighted by Crippen LogP contribution is -2.57. The molecule has 1 aromatic rings. The first-order valence-corrected chi connectivity index (χ1v) is 7.12. The van der Waals surface area contributed by atoms with Crippen molar-refractivity contribution in [1.82, 2.24) is 5.32 Å². The summed E-state index contributed by atoms with van der Waals surface area (Å²) in [5.74, 6) is -0.231. The van der Waals surface area contributed by atoms with Crippen molar-refractivity contribution in [3.8, 4) is 0 Å². The number of benzene rings is 1. The molecule has 20 heavy (non-hydrogen) atoms. The molecule has 4 heteroatoms. The Bertz CT molecular complexity index is 448. The number of nitrogens with one attached hydrogen (secondary N) is 1. The third-order valence-electron chi connectivity index (χ3n) is 3.46. The van der Waals surface area contributed by atoms with E-state index in [4.69, 9.17) is 4.74 Å². The van der Waals surface area contributed by atoms with E-state index in [1.54, 1.807) is 0 Å². The van der Waals surface area contributed by atoms with Crippen LogP contribution in [0.4, 0.5) is 5.69 Å². The van der Waals surface area contributed by atoms with Crippen molar-refractivity contribution in [2.75, 3.05) is 31.6 Å². The summed E-state index contributed by atoms with van der Waals surface area (Å²) in [6, 6.07) is 8.31. The smallest absolute Gasteiger partial charge is 0.327 e. The van der Waals surface area contributed by atoms with E-state index in [0.717, 1.165) is 18.8 Å². The van der Waals surface area contributed by atoms with Gasteiger partial charge in [-0.1, -0.05) is 19.1 Å². The van der Waals surface area contributed by atoms with Crippen LogP contribution in [0.5, 0.6) is 0 Å². The number of hydrogen-bond acceptors (Lipinski definition) is 4. The van der Waals surface area contributed by atoms with E-state index >= 15 is 0 Å². The second-order valence-corrected chi connectivity index (χ2v) is 5.21. The highest BCUT2D eigenvalue weighted by molar-refractivity contribution is 5.81. The van der Waals surface area contributed by atoms with Gasteiger partial charge in [0.15, 0.2) is 0 Å². The van der Waals surface area contributed by atoms with Crippen LogP contribution >= 0.6 is 0 Å². The topological polar surface area (TPSA) is 41.6 Å². The molecule has 0 saturated heterocycles. The molecule has 0 bridgehead atoms. The SMILES string of the molecule is CCNC(C)(CN(CC)c1cccc(C)c1)C(=O)OC. The molecule has 0 fully saturated rings. The van der Waals surface area contributed by atoms with Gasteiger partial charge in [0, 0.05) is 18.8 Å². The van der Waals surface area contributed by atoms with Crippen LogP contribution in [-0.2, 0) is 9.53 Å². The molecular weight excluding hydrogens is 252 g/mol. The van der Waals surface area contributed by atoms with Gasteiger partial charge < -0.3 is 15.0 Å². The first-order chi connectivity index (χ1) is 9.46. The Morgan fingerprint density at radius 3 is 2.60 bits per heavy atom. The monoisotopic (exact) mass is 278 g/mol. The van der Waals surface area contributed by atoms with Gasteiger partial charge in [-0.25, -0.2) is 4.79 Å². The molecule has 0 aliphatic rings. The van der Waals surface area contributed by atoms with Crippen molar-refractivity contribution in [3.63, 3.8) is 0 Å². The van der Waals surface area contributed by atoms with Crippen molar-refractivity contribution in [1.29, 1.82) is 0 Å². The Kier molecular flexibility index (Phi) is 6.02. The Labute approximate surface area is 122 Å². The number of anilines is 1. The van der Waals surface area contributed by atoms with Crippen molar-refractivity contribution < 1.29 is 9.53 Å². The third kappa shape index (κ3) is 3.97. The van der Waals surface area contributed by atoms with E-state index in [9.17, 15) is 4.79 Å². The van der Waals surface area contributed by atoms with Gasteiger partial charge in [0.25, 0.3) is 0 Å². The van der Waals surface area contributed by atoms with E-state index < -0.39 is 5.54 Å². The van der Waals surface area contributed by atoms with Crippen molar-refractivity contribution in [2.24, 2.45) is 0 Å². The van der Waals surface area contributed by atoms with Gasteiger partial charge in [-0.2, -0.15) is 0 Å². The number of esters is 1. The van der Waals surface area contributed by atoms with Crippen molar-refractivity contribution >= 4 is 11.7 Å². The lowest BCUT2D eigenvalue weighted by molar-refractivity contribution is -0.147. The first-order valence-electron chi connectivity index (χ1n) is 7.12. The van der Waals surface area contributed by atoms with Crippen LogP contribution in [0, 0.1) is 6.92 Å². The molecule has 0 saturated carbocycles. The van der Waals surface area contributed by atoms with Crippen LogP contribution in [0.25, 0.3) is 0 Å². The van der Waals surface area contributed by atoms with Gasteiger partial charge >= 0.3 is 5.97 Å². The van der Waals surface area contributed by atoms with E-state index in [2.05, 4.69) is 42.3 Å². The predicted molar refractivity (Wildman–Crippen MR) is 83.2 cm³/mol. The van der Waals surface area contributed by atoms with E-state index in [1.165, 1.54) is 12.7 Å². The standard InChI is InChI=1S/C16H26N2O2/c1-6-17-16(4,15(19)20-5)12-18(7-2)14-10-8-9-13(3)11-14/h8-11,17H,6-7,12H2,1-5H3. The van der Waals surface area contributed by atoms with Gasteiger partial charge in [-0.15, -0.1) is 0 Å². The molecule has 1 atom stereocenters. The number of rotatable bonds is 7. The minimum absolute atomic E-state index is 0.231. The summed E-state index contributed by atoms with van der Waals surface area (Å²) in [5.41, 5.74) is 1.63. The number of methoxy groups -OCH3 is 1. The number of carbonyl (C=O) groups excluding carboxylic acids is 1. The maximum atomic E-state index is 12.1. The van der Waals surface area contributed by atoms with E-state index in [-0.39, 0.29) is 5.97 Å². The quantitative estimate of drug-likeness (QED) is 0.778. The predicted octanol–water partition coefficient (Wildman–Crippen LogP) is 2.36. The molecule has 0 aliphatic carbocycles. The van der Waals surface area contributed by atoms with Crippen molar-refractivity contribution in [2.45, 2.75) is 33.2 Å². The van der Waals surface area contributed by atoms with Gasteiger partial charge in [0.05, 0.1) is 7.11 Å². The largest absolute Gasteiger partial charge is 0.468 e. The molecule has 0 amide bonds. The highest BCUT2D eigenvalue weighted by atomic mass is 16.5. The Morgan fingerprint density at radius 1 is 1.40 bits per heavy atom. The average molecular weight is 278 g/mol. The third-order valence-corrected chi connectivity index (χ3v) is 3.46. The van der Waals surface area contributed by atoms with E-state index in [0.29, 0.717) is 6.54 Å². The molecule has 1 N–H and O–H groups in total. The summed E-state index contributed by atoms with van der Waals surface area (Å²) < 4.78 is 4.94. The molecule has 1 rings (SSSR count). The summed E-state index contributed by atoms with van der Waals surface area (Å²) >= 11 is 0. The number of aryl methyl sites for hydroxylation is 1. The Hall–Kier alpha value is -1.55. The first kappa shape index (κ1) is 16.5. The Balaban J connectivity index is 2.97. The highest BCUT2D eigenvalue weighted by Crippen LogP contribution is 2.19. The molecule has 0 aromatic heterocycles. The fourth-order valence-corrected chi connectivity index (χ4v) is 2.40. The summed E-state index contributed by atoms with van der Waals surface area (Å²) in [4.78, 5) is 14.2. The van der Waals surface area contributed by atoms with Crippen LogP contribution in [-0.4, -0.2) is 38.3 Å². The number of nitrogens with zero attached hydrogens (tertiary/aromatic N) is 1. The minimum atomic E-state index is -0.705. The lowest BCUT2D eigenvalue weighted by Gasteiger charge is -2.34. The highest BCUT2D eigenvalue weighted by Gasteiger charge is 2.35. The number of likely N-dealkylation sites (N-methyl/N-ethyl adjacent to an activating group) is 2. The molecule has 0 radical (unpaired) electrons. The molecule has 1 aromatic carbocycles. The van der Waals surface area contributed by atoms with Crippen LogP contribution in [0.2, 0.25) is 0 Å². The maximum Gasteiger partial charge on any atom is 0.327 e. The molecular formula is C16H26N2O2. The summed E-state index contributed by atoms with van der Waals surface area (Å²) in [5, 5.41) is 3.24. The molecule has 0 aliphatic heterocycles. The zero-order valence-corrected chi connectivity index (χ0v) is 13.2. The fourth-order valence-electron chi connectivity index (χ4n) is 2.40. The summed E-state index contributed by atoms with van der Waals surface area (Å²) in [6.45, 7) is 10.2. The van der Waals surface area contributed by atoms with Crippen molar-refractivity contribution in [3.05, 3.63) is 29.8 Å². The van der Waals surface area contributed by atoms with Gasteiger partial charge in [0.2, 0.25) is 0 Å². The van der Waals surface area contributed by atoms with Crippen LogP contribution in [0.1, 0.15) is 26.3 Å². The number of carbonyl (C=O) groups is 1. The maximum absolute atomic E-state index is 12.1. The molecule has 1 unspecified atom stereocenters. The second kappa shape index (κ2) is 7.29. The summed E-state index contributed by atoms with van der Waals surface area (Å²) in [6.07, 6.45) is 0. The normalized spacial score (nSPS) is 13.7. The van der Waals surface area contributed by atoms with E-state index in [1.807, 2.05) is 19.9 Å². The number of hydrogen-bond donors (Lipinski definition) is 1. The average Bonchev–Trinajstić information content (AvgIpc) is 2.44.